The average Bonchev–Trinajstić information content (AvgIpc) is 3.40. The fraction of sp³-hybridized carbons (Fsp3) is 0.367. The summed E-state index contributed by atoms with van der Waals surface area (Å²) >= 11 is 0. The number of fused-ring (bicyclic) bond motifs is 1. The number of alkyl halides is 3. The largest absolute Gasteiger partial charge is 0.501 e. The monoisotopic (exact) mass is 611 g/mol. The van der Waals surface area contributed by atoms with Crippen molar-refractivity contribution in [3.05, 3.63) is 88.4 Å². The molecule has 0 bridgehead atoms. The maximum atomic E-state index is 13.3. The molecule has 14 heteroatoms. The first-order valence-electron chi connectivity index (χ1n) is 14.1. The van der Waals surface area contributed by atoms with Gasteiger partial charge in [0, 0.05) is 69.2 Å². The van der Waals surface area contributed by atoms with E-state index in [1.54, 1.807) is 23.1 Å². The van der Waals surface area contributed by atoms with E-state index in [0.29, 0.717) is 57.8 Å². The molecule has 1 aliphatic rings. The van der Waals surface area contributed by atoms with E-state index >= 15 is 0 Å². The topological polar surface area (TPSA) is 108 Å². The van der Waals surface area contributed by atoms with Gasteiger partial charge in [-0.25, -0.2) is 14.6 Å². The number of rotatable bonds is 10. The van der Waals surface area contributed by atoms with E-state index in [9.17, 15) is 22.8 Å². The molecule has 1 amide bonds. The predicted molar refractivity (Wildman–Crippen MR) is 156 cm³/mol. The van der Waals surface area contributed by atoms with Crippen molar-refractivity contribution in [3.8, 4) is 5.75 Å². The number of hydrogen-bond acceptors (Lipinski definition) is 8. The number of amides is 1. The quantitative estimate of drug-likeness (QED) is 0.152. The molecule has 4 aromatic rings. The molecule has 0 N–H and O–H groups in total. The zero-order valence-corrected chi connectivity index (χ0v) is 24.3. The summed E-state index contributed by atoms with van der Waals surface area (Å²) in [5.74, 6) is 0.700. The molecule has 1 saturated heterocycles. The summed E-state index contributed by atoms with van der Waals surface area (Å²) in [6, 6.07) is 7.48. The summed E-state index contributed by atoms with van der Waals surface area (Å²) in [5, 5.41) is 5.17. The first kappa shape index (κ1) is 30.6. The fourth-order valence-electron chi connectivity index (χ4n) is 4.98. The van der Waals surface area contributed by atoms with Gasteiger partial charge in [-0.05, 0) is 30.2 Å². The maximum absolute atomic E-state index is 13.3. The number of anilines is 1. The van der Waals surface area contributed by atoms with Crippen molar-refractivity contribution in [3.63, 3.8) is 0 Å². The number of benzene rings is 1. The molecule has 0 unspecified atom stereocenters. The highest BCUT2D eigenvalue weighted by Crippen LogP contribution is 2.28. The molecule has 3 aromatic heterocycles. The Kier molecular flexibility index (Phi) is 9.16. The highest BCUT2D eigenvalue weighted by molar-refractivity contribution is 5.87. The fourth-order valence-corrected chi connectivity index (χ4v) is 4.98. The normalized spacial score (nSPS) is 14.0. The van der Waals surface area contributed by atoms with Crippen LogP contribution in [0, 0.1) is 0 Å². The molecule has 5 rings (SSSR count). The van der Waals surface area contributed by atoms with Crippen LogP contribution >= 0.6 is 0 Å². The van der Waals surface area contributed by atoms with Crippen molar-refractivity contribution in [2.45, 2.75) is 32.6 Å². The van der Waals surface area contributed by atoms with Gasteiger partial charge >= 0.3 is 6.18 Å². The lowest BCUT2D eigenvalue weighted by molar-refractivity contribution is -0.138. The summed E-state index contributed by atoms with van der Waals surface area (Å²) < 4.78 is 52.4. The van der Waals surface area contributed by atoms with Crippen LogP contribution in [0.2, 0.25) is 0 Å². The number of halogens is 3. The van der Waals surface area contributed by atoms with Crippen molar-refractivity contribution >= 4 is 22.8 Å². The molecule has 1 fully saturated rings. The van der Waals surface area contributed by atoms with Crippen LogP contribution in [0.3, 0.4) is 0 Å². The molecule has 0 radical (unpaired) electrons. The van der Waals surface area contributed by atoms with Crippen molar-refractivity contribution in [1.29, 1.82) is 0 Å². The van der Waals surface area contributed by atoms with Gasteiger partial charge in [-0.15, -0.1) is 0 Å². The van der Waals surface area contributed by atoms with E-state index in [-0.39, 0.29) is 17.4 Å². The van der Waals surface area contributed by atoms with E-state index in [0.717, 1.165) is 34.7 Å². The van der Waals surface area contributed by atoms with Crippen molar-refractivity contribution < 1.29 is 27.4 Å². The lowest BCUT2D eigenvalue weighted by atomic mass is 10.2. The molecule has 1 aromatic carbocycles. The summed E-state index contributed by atoms with van der Waals surface area (Å²) in [5.41, 5.74) is 1.35. The van der Waals surface area contributed by atoms with Crippen LogP contribution in [0.15, 0.2) is 66.2 Å². The molecule has 0 spiro atoms. The number of aryl methyl sites for hydroxylation is 1. The number of carbonyl (C=O) groups is 1. The number of ether oxygens (including phenoxy) is 2. The van der Waals surface area contributed by atoms with Crippen LogP contribution in [0.25, 0.3) is 10.9 Å². The van der Waals surface area contributed by atoms with Crippen molar-refractivity contribution in [2.24, 2.45) is 0 Å². The third kappa shape index (κ3) is 6.84. The summed E-state index contributed by atoms with van der Waals surface area (Å²) in [4.78, 5) is 36.9. The highest BCUT2D eigenvalue weighted by Gasteiger charge is 2.32. The number of carbonyl (C=O) groups excluding carboxylic acids is 1. The molecule has 11 nitrogen and oxygen atoms in total. The minimum atomic E-state index is -4.49. The van der Waals surface area contributed by atoms with Crippen LogP contribution in [0.4, 0.5) is 19.1 Å². The molecule has 44 heavy (non-hydrogen) atoms. The Balaban J connectivity index is 1.13. The van der Waals surface area contributed by atoms with Crippen LogP contribution in [0.1, 0.15) is 23.6 Å². The Morgan fingerprint density at radius 1 is 1.05 bits per heavy atom. The average molecular weight is 612 g/mol. The van der Waals surface area contributed by atoms with Gasteiger partial charge in [0.2, 0.25) is 11.9 Å². The van der Waals surface area contributed by atoms with E-state index in [1.807, 2.05) is 42.0 Å². The summed E-state index contributed by atoms with van der Waals surface area (Å²) in [7, 11) is 1.60. The Labute approximate surface area is 251 Å². The molecule has 4 heterocycles. The van der Waals surface area contributed by atoms with Gasteiger partial charge < -0.3 is 23.8 Å². The van der Waals surface area contributed by atoms with E-state index in [1.165, 1.54) is 17.0 Å². The highest BCUT2D eigenvalue weighted by atomic mass is 19.4. The third-order valence-corrected chi connectivity index (χ3v) is 7.43. The molecular formula is C30H32F3N7O4. The number of piperazine rings is 1. The molecule has 0 saturated carbocycles. The Morgan fingerprint density at radius 2 is 1.75 bits per heavy atom. The van der Waals surface area contributed by atoms with Gasteiger partial charge in [-0.3, -0.25) is 9.59 Å². The Hall–Kier alpha value is -4.88. The second kappa shape index (κ2) is 13.2. The smallest absolute Gasteiger partial charge is 0.419 e. The lowest BCUT2D eigenvalue weighted by Crippen LogP contribution is -2.48. The van der Waals surface area contributed by atoms with E-state index < -0.39 is 11.7 Å². The van der Waals surface area contributed by atoms with Gasteiger partial charge in [-0.1, -0.05) is 12.1 Å². The minimum absolute atomic E-state index is 0.178. The minimum Gasteiger partial charge on any atom is -0.501 e. The maximum Gasteiger partial charge on any atom is 0.419 e. The van der Waals surface area contributed by atoms with Crippen molar-refractivity contribution in [2.75, 3.05) is 44.8 Å². The number of nitrogens with zero attached hydrogens (tertiary/aromatic N) is 7. The molecule has 1 aliphatic heterocycles. The van der Waals surface area contributed by atoms with Gasteiger partial charge in [0.1, 0.15) is 11.3 Å². The number of methoxy groups -OCH3 is 1. The van der Waals surface area contributed by atoms with Crippen molar-refractivity contribution in [1.82, 2.24) is 29.2 Å². The third-order valence-electron chi connectivity index (χ3n) is 7.43. The van der Waals surface area contributed by atoms with Gasteiger partial charge in [0.25, 0.3) is 5.56 Å². The van der Waals surface area contributed by atoms with Crippen LogP contribution in [-0.2, 0) is 35.2 Å². The molecular weight excluding hydrogens is 579 g/mol. The lowest BCUT2D eigenvalue weighted by Gasteiger charge is -2.34. The molecule has 232 valence electrons. The predicted octanol–water partition coefficient (Wildman–Crippen LogP) is 3.51. The number of hydrogen-bond donors (Lipinski definition) is 0. The van der Waals surface area contributed by atoms with Gasteiger partial charge in [-0.2, -0.15) is 18.3 Å². The van der Waals surface area contributed by atoms with Crippen LogP contribution < -0.4 is 15.2 Å². The summed E-state index contributed by atoms with van der Waals surface area (Å²) in [6.07, 6.45) is 3.88. The van der Waals surface area contributed by atoms with E-state index in [2.05, 4.69) is 15.1 Å². The number of aromatic nitrogens is 5. The molecule has 0 atom stereocenters. The van der Waals surface area contributed by atoms with Crippen LogP contribution in [0.5, 0.6) is 5.75 Å². The zero-order chi connectivity index (χ0) is 31.3. The second-order valence-corrected chi connectivity index (χ2v) is 10.2. The SMILES string of the molecule is CCn1cc(CCO/C=C/C(=O)N2CCN(c3ncc(C(F)(F)F)cn3)CC2)c2cnn(Cc3ccc(OC)cc3)c(=O)c21. The van der Waals surface area contributed by atoms with Gasteiger partial charge in [0.05, 0.1) is 38.3 Å². The summed E-state index contributed by atoms with van der Waals surface area (Å²) in [6.45, 7) is 4.74. The first-order valence-corrected chi connectivity index (χ1v) is 14.1. The standard InChI is InChI=1S/C30H32F3N7O4/c1-3-37-20-22(25-18-36-40(28(42)27(25)37)19-21-4-6-24(43-2)7-5-21)8-14-44-15-9-26(41)38-10-12-39(13-11-38)29-34-16-23(17-35-29)30(31,32)33/h4-7,9,15-18,20H,3,8,10-14,19H2,1-2H3/b15-9+. The second-order valence-electron chi connectivity index (χ2n) is 10.2. The van der Waals surface area contributed by atoms with Gasteiger partial charge in [0.15, 0.2) is 0 Å². The van der Waals surface area contributed by atoms with E-state index in [4.69, 9.17) is 9.47 Å². The Bertz CT molecular complexity index is 1670. The van der Waals surface area contributed by atoms with Crippen LogP contribution in [-0.4, -0.2) is 75.0 Å². The molecule has 0 aliphatic carbocycles. The Morgan fingerprint density at radius 3 is 2.39 bits per heavy atom. The zero-order valence-electron chi connectivity index (χ0n) is 24.3. The first-order chi connectivity index (χ1) is 21.2.